The fourth-order valence-electron chi connectivity index (χ4n) is 4.68. The van der Waals surface area contributed by atoms with Gasteiger partial charge in [0.2, 0.25) is 5.75 Å². The number of rotatable bonds is 6. The Morgan fingerprint density at radius 2 is 1.86 bits per heavy atom. The molecule has 2 aliphatic rings. The highest BCUT2D eigenvalue weighted by Crippen LogP contribution is 2.47. The molecule has 1 aliphatic heterocycles. The van der Waals surface area contributed by atoms with E-state index in [1.165, 1.54) is 26.0 Å². The molecule has 2 heterocycles. The van der Waals surface area contributed by atoms with Crippen molar-refractivity contribution < 1.29 is 19.4 Å². The van der Waals surface area contributed by atoms with E-state index in [0.717, 1.165) is 11.3 Å². The molecule has 1 aliphatic carbocycles. The standard InChI is InChI=1S/C26H24ClN3O5S/c1-34-18-10-14(11-19(35-2)23(18)32)20-21-16(8-5-9-17(21)31)28-24-22(20)25(33)30-26(29-24)36-12-13-6-3-4-7-15(13)27/h3-4,6-7,10-11,20,32H,5,8-9,12H2,1-2H3,(H2,28,29,30,33)/t20-/m0/s1. The van der Waals surface area contributed by atoms with E-state index in [2.05, 4.69) is 10.3 Å². The topological polar surface area (TPSA) is 114 Å². The second-order valence-electron chi connectivity index (χ2n) is 8.51. The molecular weight excluding hydrogens is 502 g/mol. The van der Waals surface area contributed by atoms with Crippen LogP contribution in [0.4, 0.5) is 5.82 Å². The molecule has 0 saturated heterocycles. The fraction of sp³-hybridized carbons (Fsp3) is 0.269. The summed E-state index contributed by atoms with van der Waals surface area (Å²) >= 11 is 7.65. The number of ketones is 1. The van der Waals surface area contributed by atoms with Crippen molar-refractivity contribution in [1.29, 1.82) is 0 Å². The largest absolute Gasteiger partial charge is 0.502 e. The maximum absolute atomic E-state index is 13.5. The third-order valence-corrected chi connectivity index (χ3v) is 7.68. The Morgan fingerprint density at radius 1 is 1.14 bits per heavy atom. The molecular formula is C26H24ClN3O5S. The summed E-state index contributed by atoms with van der Waals surface area (Å²) in [6, 6.07) is 10.8. The van der Waals surface area contributed by atoms with Gasteiger partial charge < -0.3 is 24.9 Å². The number of phenols is 1. The van der Waals surface area contributed by atoms with E-state index in [4.69, 9.17) is 26.1 Å². The Balaban J connectivity index is 1.62. The number of fused-ring (bicyclic) bond motifs is 1. The van der Waals surface area contributed by atoms with E-state index < -0.39 is 5.92 Å². The van der Waals surface area contributed by atoms with Crippen LogP contribution < -0.4 is 20.3 Å². The van der Waals surface area contributed by atoms with Gasteiger partial charge in [0.25, 0.3) is 5.56 Å². The number of allylic oxidation sites excluding steroid dienone is 2. The molecule has 0 spiro atoms. The van der Waals surface area contributed by atoms with Crippen molar-refractivity contribution in [2.75, 3.05) is 19.5 Å². The molecule has 3 N–H and O–H groups in total. The zero-order chi connectivity index (χ0) is 25.4. The number of phenolic OH excluding ortho intramolecular Hbond substituents is 1. The molecule has 10 heteroatoms. The van der Waals surface area contributed by atoms with Crippen molar-refractivity contribution in [2.45, 2.75) is 36.1 Å². The highest BCUT2D eigenvalue weighted by Gasteiger charge is 2.38. The molecule has 1 atom stereocenters. The Labute approximate surface area is 216 Å². The van der Waals surface area contributed by atoms with Crippen LogP contribution in [0.2, 0.25) is 5.02 Å². The molecule has 36 heavy (non-hydrogen) atoms. The van der Waals surface area contributed by atoms with Crippen LogP contribution in [-0.2, 0) is 10.5 Å². The van der Waals surface area contributed by atoms with Gasteiger partial charge >= 0.3 is 0 Å². The number of hydrogen-bond donors (Lipinski definition) is 3. The lowest BCUT2D eigenvalue weighted by Gasteiger charge is -2.33. The molecule has 0 bridgehead atoms. The van der Waals surface area contributed by atoms with Gasteiger partial charge in [-0.25, -0.2) is 4.98 Å². The first-order valence-electron chi connectivity index (χ1n) is 11.4. The maximum atomic E-state index is 13.5. The normalized spacial score (nSPS) is 16.8. The van der Waals surface area contributed by atoms with E-state index in [1.54, 1.807) is 12.1 Å². The van der Waals surface area contributed by atoms with E-state index in [1.807, 2.05) is 24.3 Å². The number of aromatic nitrogens is 2. The highest BCUT2D eigenvalue weighted by molar-refractivity contribution is 7.98. The second-order valence-corrected chi connectivity index (χ2v) is 9.89. The molecule has 186 valence electrons. The van der Waals surface area contributed by atoms with Crippen LogP contribution >= 0.6 is 23.4 Å². The van der Waals surface area contributed by atoms with Gasteiger partial charge in [-0.05, 0) is 42.2 Å². The zero-order valence-electron chi connectivity index (χ0n) is 19.7. The Hall–Kier alpha value is -3.43. The predicted octanol–water partition coefficient (Wildman–Crippen LogP) is 5.00. The molecule has 0 saturated carbocycles. The van der Waals surface area contributed by atoms with Gasteiger partial charge in [-0.1, -0.05) is 41.6 Å². The average molecular weight is 526 g/mol. The number of aromatic amines is 1. The molecule has 0 unspecified atom stereocenters. The summed E-state index contributed by atoms with van der Waals surface area (Å²) in [6.07, 6.45) is 1.78. The summed E-state index contributed by atoms with van der Waals surface area (Å²) in [4.78, 5) is 34.2. The number of H-pyrrole nitrogens is 1. The van der Waals surface area contributed by atoms with Crippen LogP contribution in [0.25, 0.3) is 0 Å². The van der Waals surface area contributed by atoms with Crippen LogP contribution in [0.3, 0.4) is 0 Å². The number of Topliss-reactive ketones (excluding diaryl/α,β-unsaturated/α-hetero) is 1. The number of anilines is 1. The number of aromatic hydroxyl groups is 1. The lowest BCUT2D eigenvalue weighted by Crippen LogP contribution is -2.32. The number of hydrogen-bond acceptors (Lipinski definition) is 8. The van der Waals surface area contributed by atoms with Gasteiger partial charge in [0.15, 0.2) is 22.4 Å². The van der Waals surface area contributed by atoms with Gasteiger partial charge in [0.05, 0.1) is 19.8 Å². The second kappa shape index (κ2) is 9.91. The third kappa shape index (κ3) is 4.33. The summed E-state index contributed by atoms with van der Waals surface area (Å²) in [6.45, 7) is 0. The first-order valence-corrected chi connectivity index (χ1v) is 12.8. The number of methoxy groups -OCH3 is 2. The van der Waals surface area contributed by atoms with Crippen LogP contribution in [0.15, 0.2) is 57.6 Å². The smallest absolute Gasteiger partial charge is 0.257 e. The van der Waals surface area contributed by atoms with Crippen molar-refractivity contribution in [3.63, 3.8) is 0 Å². The average Bonchev–Trinajstić information content (AvgIpc) is 2.87. The van der Waals surface area contributed by atoms with Crippen LogP contribution in [0.5, 0.6) is 17.2 Å². The lowest BCUT2D eigenvalue weighted by atomic mass is 9.76. The minimum atomic E-state index is -0.689. The quantitative estimate of drug-likeness (QED) is 0.304. The van der Waals surface area contributed by atoms with Crippen molar-refractivity contribution in [2.24, 2.45) is 0 Å². The van der Waals surface area contributed by atoms with Gasteiger partial charge in [0, 0.05) is 34.4 Å². The number of thioether (sulfide) groups is 1. The minimum absolute atomic E-state index is 0.0259. The molecule has 2 aromatic carbocycles. The number of ether oxygens (including phenoxy) is 2. The molecule has 0 amide bonds. The SMILES string of the molecule is COc1cc([C@H]2C3=C(CCCC3=O)Nc3nc(SCc4ccccc4Cl)[nH]c(=O)c32)cc(OC)c1O. The molecule has 3 aromatic rings. The summed E-state index contributed by atoms with van der Waals surface area (Å²) < 4.78 is 10.7. The highest BCUT2D eigenvalue weighted by atomic mass is 35.5. The minimum Gasteiger partial charge on any atom is -0.502 e. The Kier molecular flexibility index (Phi) is 6.68. The summed E-state index contributed by atoms with van der Waals surface area (Å²) in [5.74, 6) is 0.444. The maximum Gasteiger partial charge on any atom is 0.257 e. The van der Waals surface area contributed by atoms with Gasteiger partial charge in [-0.15, -0.1) is 0 Å². The van der Waals surface area contributed by atoms with Gasteiger partial charge in [-0.2, -0.15) is 0 Å². The third-order valence-electron chi connectivity index (χ3n) is 6.39. The van der Waals surface area contributed by atoms with Crippen molar-refractivity contribution in [1.82, 2.24) is 9.97 Å². The summed E-state index contributed by atoms with van der Waals surface area (Å²) in [5.41, 5.74) is 2.80. The van der Waals surface area contributed by atoms with Crippen molar-refractivity contribution >= 4 is 35.0 Å². The Bertz CT molecular complexity index is 1430. The lowest BCUT2D eigenvalue weighted by molar-refractivity contribution is -0.116. The number of benzene rings is 2. The number of carbonyl (C=O) groups excluding carboxylic acids is 1. The zero-order valence-corrected chi connectivity index (χ0v) is 21.3. The molecule has 0 fully saturated rings. The summed E-state index contributed by atoms with van der Waals surface area (Å²) in [7, 11) is 2.86. The van der Waals surface area contributed by atoms with Gasteiger partial charge in [0.1, 0.15) is 5.82 Å². The number of nitrogens with zero attached hydrogens (tertiary/aromatic N) is 1. The first-order chi connectivity index (χ1) is 17.4. The van der Waals surface area contributed by atoms with Crippen LogP contribution in [-0.4, -0.2) is 35.1 Å². The van der Waals surface area contributed by atoms with E-state index in [9.17, 15) is 14.7 Å². The van der Waals surface area contributed by atoms with Crippen LogP contribution in [0, 0.1) is 0 Å². The first kappa shape index (κ1) is 24.3. The molecule has 8 nitrogen and oxygen atoms in total. The molecule has 5 rings (SSSR count). The predicted molar refractivity (Wildman–Crippen MR) is 138 cm³/mol. The van der Waals surface area contributed by atoms with E-state index in [-0.39, 0.29) is 28.6 Å². The molecule has 1 aromatic heterocycles. The number of halogens is 1. The fourth-order valence-corrected chi connectivity index (χ4v) is 5.83. The molecule has 0 radical (unpaired) electrons. The summed E-state index contributed by atoms with van der Waals surface area (Å²) in [5, 5.41) is 14.8. The van der Waals surface area contributed by atoms with E-state index in [0.29, 0.717) is 57.7 Å². The number of carbonyl (C=O) groups is 1. The van der Waals surface area contributed by atoms with Crippen LogP contribution in [0.1, 0.15) is 41.9 Å². The van der Waals surface area contributed by atoms with E-state index >= 15 is 0 Å². The Morgan fingerprint density at radius 3 is 2.56 bits per heavy atom. The van der Waals surface area contributed by atoms with Gasteiger partial charge in [-0.3, -0.25) is 9.59 Å². The van der Waals surface area contributed by atoms with Crippen molar-refractivity contribution in [3.05, 3.63) is 79.7 Å². The monoisotopic (exact) mass is 525 g/mol. The number of nitrogens with one attached hydrogen (secondary N) is 2. The van der Waals surface area contributed by atoms with Crippen molar-refractivity contribution in [3.8, 4) is 17.2 Å².